The highest BCUT2D eigenvalue weighted by molar-refractivity contribution is 9.10. The number of hydrogen-bond donors (Lipinski definition) is 0. The van der Waals surface area contributed by atoms with Crippen LogP contribution in [-0.2, 0) is 0 Å². The van der Waals surface area contributed by atoms with Crippen molar-refractivity contribution in [3.63, 3.8) is 0 Å². The van der Waals surface area contributed by atoms with Gasteiger partial charge in [0, 0.05) is 28.0 Å². The summed E-state index contributed by atoms with van der Waals surface area (Å²) in [5, 5.41) is 1.41. The van der Waals surface area contributed by atoms with Crippen molar-refractivity contribution in [1.82, 2.24) is 4.90 Å². The summed E-state index contributed by atoms with van der Waals surface area (Å²) in [6.07, 6.45) is 3.35. The van der Waals surface area contributed by atoms with Crippen molar-refractivity contribution in [3.8, 4) is 0 Å². The van der Waals surface area contributed by atoms with Crippen molar-refractivity contribution in [2.45, 2.75) is 25.3 Å². The van der Waals surface area contributed by atoms with Crippen LogP contribution in [-0.4, -0.2) is 28.7 Å². The quantitative estimate of drug-likeness (QED) is 0.676. The third-order valence-corrected chi connectivity index (χ3v) is 5.21. The summed E-state index contributed by atoms with van der Waals surface area (Å²) < 4.78 is 0.816. The number of alkyl halides is 1. The number of hydrogen-bond acceptors (Lipinski definition) is 1. The highest BCUT2D eigenvalue weighted by Crippen LogP contribution is 2.26. The van der Waals surface area contributed by atoms with E-state index in [0.29, 0.717) is 16.6 Å². The van der Waals surface area contributed by atoms with Gasteiger partial charge in [0.05, 0.1) is 5.02 Å². The summed E-state index contributed by atoms with van der Waals surface area (Å²) >= 11 is 12.9. The maximum atomic E-state index is 12.5. The van der Waals surface area contributed by atoms with Crippen LogP contribution in [0.2, 0.25) is 5.02 Å². The number of piperidine rings is 1. The van der Waals surface area contributed by atoms with E-state index in [4.69, 9.17) is 11.6 Å². The first-order valence-electron chi connectivity index (χ1n) is 5.95. The fraction of sp³-hybridized carbons (Fsp3) is 0.462. The molecule has 1 aliphatic rings. The van der Waals surface area contributed by atoms with Gasteiger partial charge in [-0.25, -0.2) is 0 Å². The number of likely N-dealkylation sites (tertiary alicyclic amines) is 1. The zero-order valence-electron chi connectivity index (χ0n) is 9.83. The zero-order valence-corrected chi connectivity index (χ0v) is 13.8. The Morgan fingerprint density at radius 2 is 2.22 bits per heavy atom. The number of amides is 1. The molecule has 2 nitrogen and oxygen atoms in total. The van der Waals surface area contributed by atoms with Crippen LogP contribution >= 0.6 is 43.5 Å². The molecule has 0 radical (unpaired) electrons. The third kappa shape index (κ3) is 3.09. The average molecular weight is 396 g/mol. The predicted octanol–water partition coefficient (Wildman–Crippen LogP) is 4.49. The lowest BCUT2D eigenvalue weighted by molar-refractivity contribution is 0.0642. The average Bonchev–Trinajstić information content (AvgIpc) is 2.41. The first-order valence-corrected chi connectivity index (χ1v) is 8.24. The molecule has 0 N–H and O–H groups in total. The van der Waals surface area contributed by atoms with Crippen LogP contribution in [0.15, 0.2) is 22.7 Å². The van der Waals surface area contributed by atoms with E-state index in [0.717, 1.165) is 29.2 Å². The lowest BCUT2D eigenvalue weighted by Gasteiger charge is -2.34. The van der Waals surface area contributed by atoms with Gasteiger partial charge in [0.1, 0.15) is 0 Å². The Morgan fingerprint density at radius 1 is 1.44 bits per heavy atom. The van der Waals surface area contributed by atoms with E-state index in [1.807, 2.05) is 17.0 Å². The fourth-order valence-electron chi connectivity index (χ4n) is 2.22. The molecule has 1 amide bonds. The van der Waals surface area contributed by atoms with Crippen molar-refractivity contribution in [2.24, 2.45) is 0 Å². The molecule has 18 heavy (non-hydrogen) atoms. The summed E-state index contributed by atoms with van der Waals surface area (Å²) in [5.74, 6) is 0.0774. The molecular formula is C13H14Br2ClNO. The predicted molar refractivity (Wildman–Crippen MR) is 81.6 cm³/mol. The van der Waals surface area contributed by atoms with Crippen molar-refractivity contribution in [2.75, 3.05) is 11.9 Å². The molecule has 1 atom stereocenters. The van der Waals surface area contributed by atoms with Crippen LogP contribution in [0.1, 0.15) is 29.6 Å². The summed E-state index contributed by atoms with van der Waals surface area (Å²) in [6, 6.07) is 5.67. The highest BCUT2D eigenvalue weighted by Gasteiger charge is 2.26. The van der Waals surface area contributed by atoms with Crippen molar-refractivity contribution in [3.05, 3.63) is 33.3 Å². The third-order valence-electron chi connectivity index (χ3n) is 3.23. The van der Waals surface area contributed by atoms with Gasteiger partial charge < -0.3 is 4.90 Å². The van der Waals surface area contributed by atoms with Gasteiger partial charge in [0.25, 0.3) is 5.91 Å². The van der Waals surface area contributed by atoms with Gasteiger partial charge in [-0.2, -0.15) is 0 Å². The molecule has 1 aromatic rings. The number of nitrogens with zero attached hydrogens (tertiary/aromatic N) is 1. The summed E-state index contributed by atoms with van der Waals surface area (Å²) in [7, 11) is 0. The van der Waals surface area contributed by atoms with E-state index in [2.05, 4.69) is 31.9 Å². The molecule has 1 heterocycles. The minimum absolute atomic E-state index is 0.0774. The van der Waals surface area contributed by atoms with Gasteiger partial charge in [-0.1, -0.05) is 27.5 Å². The molecule has 1 fully saturated rings. The van der Waals surface area contributed by atoms with E-state index < -0.39 is 0 Å². The maximum Gasteiger partial charge on any atom is 0.254 e. The Balaban J connectivity index is 2.21. The molecule has 1 unspecified atom stereocenters. The fourth-order valence-corrected chi connectivity index (χ4v) is 3.32. The number of rotatable bonds is 2. The first-order chi connectivity index (χ1) is 8.63. The van der Waals surface area contributed by atoms with Crippen LogP contribution < -0.4 is 0 Å². The largest absolute Gasteiger partial charge is 0.335 e. The maximum absolute atomic E-state index is 12.5. The molecule has 0 saturated carbocycles. The van der Waals surface area contributed by atoms with Crippen molar-refractivity contribution in [1.29, 1.82) is 0 Å². The van der Waals surface area contributed by atoms with Crippen LogP contribution in [0.3, 0.4) is 0 Å². The monoisotopic (exact) mass is 393 g/mol. The Kier molecular flexibility index (Phi) is 5.10. The lowest BCUT2D eigenvalue weighted by Crippen LogP contribution is -2.44. The second kappa shape index (κ2) is 6.40. The first kappa shape index (κ1) is 14.4. The molecule has 98 valence electrons. The molecule has 5 heteroatoms. The summed E-state index contributed by atoms with van der Waals surface area (Å²) in [5.41, 5.74) is 0.663. The zero-order chi connectivity index (χ0) is 13.1. The Hall–Kier alpha value is -0.0600. The SMILES string of the molecule is O=C(c1ccc(Br)c(Cl)c1)N1CCCCC1CBr. The lowest BCUT2D eigenvalue weighted by atomic mass is 10.0. The molecule has 1 saturated heterocycles. The van der Waals surface area contributed by atoms with Gasteiger partial charge >= 0.3 is 0 Å². The van der Waals surface area contributed by atoms with E-state index >= 15 is 0 Å². The van der Waals surface area contributed by atoms with Crippen LogP contribution in [0.4, 0.5) is 0 Å². The normalized spacial score (nSPS) is 19.9. The molecule has 2 rings (SSSR count). The molecule has 0 aromatic heterocycles. The van der Waals surface area contributed by atoms with E-state index in [-0.39, 0.29) is 5.91 Å². The van der Waals surface area contributed by atoms with Crippen LogP contribution in [0, 0.1) is 0 Å². The standard InChI is InChI=1S/C13H14Br2ClNO/c14-8-10-3-1-2-6-17(10)13(18)9-4-5-11(15)12(16)7-9/h4-5,7,10H,1-3,6,8H2. The van der Waals surface area contributed by atoms with Crippen LogP contribution in [0.25, 0.3) is 0 Å². The van der Waals surface area contributed by atoms with Gasteiger partial charge in [-0.3, -0.25) is 4.79 Å². The van der Waals surface area contributed by atoms with Gasteiger partial charge in [0.2, 0.25) is 0 Å². The summed E-state index contributed by atoms with van der Waals surface area (Å²) in [6.45, 7) is 0.836. The number of carbonyl (C=O) groups is 1. The van der Waals surface area contributed by atoms with Crippen molar-refractivity contribution >= 4 is 49.4 Å². The van der Waals surface area contributed by atoms with Crippen molar-refractivity contribution < 1.29 is 4.79 Å². The Labute approximate surface area is 129 Å². The number of halogens is 3. The topological polar surface area (TPSA) is 20.3 Å². The highest BCUT2D eigenvalue weighted by atomic mass is 79.9. The van der Waals surface area contributed by atoms with Gasteiger partial charge in [0.15, 0.2) is 0 Å². The van der Waals surface area contributed by atoms with E-state index in [1.165, 1.54) is 6.42 Å². The second-order valence-corrected chi connectivity index (χ2v) is 6.34. The molecular weight excluding hydrogens is 381 g/mol. The van der Waals surface area contributed by atoms with Gasteiger partial charge in [-0.15, -0.1) is 0 Å². The van der Waals surface area contributed by atoms with Gasteiger partial charge in [-0.05, 0) is 53.4 Å². The molecule has 0 spiro atoms. The minimum Gasteiger partial charge on any atom is -0.335 e. The molecule has 1 aliphatic heterocycles. The molecule has 1 aromatic carbocycles. The molecule has 0 bridgehead atoms. The summed E-state index contributed by atoms with van der Waals surface area (Å²) in [4.78, 5) is 14.4. The van der Waals surface area contributed by atoms with Crippen LogP contribution in [0.5, 0.6) is 0 Å². The second-order valence-electron chi connectivity index (χ2n) is 4.43. The number of benzene rings is 1. The number of carbonyl (C=O) groups excluding carboxylic acids is 1. The Morgan fingerprint density at radius 3 is 2.89 bits per heavy atom. The van der Waals surface area contributed by atoms with E-state index in [1.54, 1.807) is 6.07 Å². The minimum atomic E-state index is 0.0774. The Bertz CT molecular complexity index is 453. The molecule has 0 aliphatic carbocycles. The van der Waals surface area contributed by atoms with E-state index in [9.17, 15) is 4.79 Å². The smallest absolute Gasteiger partial charge is 0.254 e.